The van der Waals surface area contributed by atoms with Crippen LogP contribution in [-0.2, 0) is 17.8 Å². The molecule has 0 saturated carbocycles. The molecule has 0 aromatic carbocycles. The molecule has 0 fully saturated rings. The Labute approximate surface area is 115 Å². The second kappa shape index (κ2) is 4.85. The Morgan fingerprint density at radius 3 is 3.00 bits per heavy atom. The number of hydrogen-bond acceptors (Lipinski definition) is 3. The molecule has 5 heteroatoms. The predicted octanol–water partition coefficient (Wildman–Crippen LogP) is 2.61. The van der Waals surface area contributed by atoms with E-state index in [9.17, 15) is 4.79 Å². The number of furan rings is 1. The summed E-state index contributed by atoms with van der Waals surface area (Å²) in [5, 5.41) is 9.97. The molecule has 5 nitrogen and oxygen atoms in total. The highest BCUT2D eigenvalue weighted by molar-refractivity contribution is 5.86. The minimum atomic E-state index is -0.834. The van der Waals surface area contributed by atoms with E-state index in [2.05, 4.69) is 4.98 Å². The Kier molecular flexibility index (Phi) is 3.02. The molecule has 3 rings (SSSR count). The number of carbonyl (C=O) groups is 1. The SMILES string of the molecule is Cc1c(CC(=O)O)c2cccnc2n1Cc1ccoc1. The first-order valence-corrected chi connectivity index (χ1v) is 6.32. The zero-order valence-corrected chi connectivity index (χ0v) is 11.0. The van der Waals surface area contributed by atoms with Gasteiger partial charge < -0.3 is 14.1 Å². The van der Waals surface area contributed by atoms with E-state index in [1.807, 2.05) is 29.7 Å². The summed E-state index contributed by atoms with van der Waals surface area (Å²) >= 11 is 0. The van der Waals surface area contributed by atoms with Crippen molar-refractivity contribution in [3.63, 3.8) is 0 Å². The van der Waals surface area contributed by atoms with Crippen molar-refractivity contribution in [2.24, 2.45) is 0 Å². The van der Waals surface area contributed by atoms with Crippen LogP contribution < -0.4 is 0 Å². The van der Waals surface area contributed by atoms with Gasteiger partial charge >= 0.3 is 5.97 Å². The number of rotatable bonds is 4. The van der Waals surface area contributed by atoms with Gasteiger partial charge in [-0.05, 0) is 30.7 Å². The lowest BCUT2D eigenvalue weighted by Crippen LogP contribution is -2.04. The predicted molar refractivity (Wildman–Crippen MR) is 73.6 cm³/mol. The molecule has 0 amide bonds. The van der Waals surface area contributed by atoms with Gasteiger partial charge in [-0.2, -0.15) is 0 Å². The third-order valence-corrected chi connectivity index (χ3v) is 3.46. The highest BCUT2D eigenvalue weighted by Crippen LogP contribution is 2.25. The van der Waals surface area contributed by atoms with E-state index in [0.717, 1.165) is 27.9 Å². The van der Waals surface area contributed by atoms with Crippen molar-refractivity contribution in [1.82, 2.24) is 9.55 Å². The van der Waals surface area contributed by atoms with Gasteiger partial charge in [0.2, 0.25) is 0 Å². The molecule has 3 heterocycles. The third-order valence-electron chi connectivity index (χ3n) is 3.46. The highest BCUT2D eigenvalue weighted by atomic mass is 16.4. The van der Waals surface area contributed by atoms with E-state index in [1.165, 1.54) is 0 Å². The molecule has 0 unspecified atom stereocenters. The second-order valence-corrected chi connectivity index (χ2v) is 4.73. The first-order valence-electron chi connectivity index (χ1n) is 6.32. The molecule has 0 saturated heterocycles. The van der Waals surface area contributed by atoms with Gasteiger partial charge in [-0.3, -0.25) is 4.79 Å². The molecule has 20 heavy (non-hydrogen) atoms. The molecule has 102 valence electrons. The van der Waals surface area contributed by atoms with Crippen LogP contribution in [0.5, 0.6) is 0 Å². The minimum absolute atomic E-state index is 0.00636. The Bertz CT molecular complexity index is 757. The average molecular weight is 270 g/mol. The van der Waals surface area contributed by atoms with E-state index >= 15 is 0 Å². The van der Waals surface area contributed by atoms with Gasteiger partial charge in [0.25, 0.3) is 0 Å². The van der Waals surface area contributed by atoms with E-state index in [1.54, 1.807) is 18.7 Å². The lowest BCUT2D eigenvalue weighted by molar-refractivity contribution is -0.136. The lowest BCUT2D eigenvalue weighted by Gasteiger charge is -2.06. The average Bonchev–Trinajstić information content (AvgIpc) is 3.02. The van der Waals surface area contributed by atoms with Crippen molar-refractivity contribution in [2.75, 3.05) is 0 Å². The van der Waals surface area contributed by atoms with Crippen LogP contribution in [0.15, 0.2) is 41.3 Å². The highest BCUT2D eigenvalue weighted by Gasteiger charge is 2.17. The number of carboxylic acids is 1. The smallest absolute Gasteiger partial charge is 0.307 e. The maximum atomic E-state index is 11.0. The van der Waals surface area contributed by atoms with E-state index in [-0.39, 0.29) is 6.42 Å². The molecule has 1 N–H and O–H groups in total. The number of carboxylic acid groups (broad SMARTS) is 1. The Balaban J connectivity index is 2.15. The van der Waals surface area contributed by atoms with Crippen molar-refractivity contribution in [1.29, 1.82) is 0 Å². The number of nitrogens with zero attached hydrogens (tertiary/aromatic N) is 2. The summed E-state index contributed by atoms with van der Waals surface area (Å²) in [6, 6.07) is 5.64. The molecule has 0 aliphatic rings. The molecule has 3 aromatic rings. The summed E-state index contributed by atoms with van der Waals surface area (Å²) in [6.07, 6.45) is 5.04. The van der Waals surface area contributed by atoms with Crippen molar-refractivity contribution in [3.8, 4) is 0 Å². The van der Waals surface area contributed by atoms with Gasteiger partial charge in [-0.15, -0.1) is 0 Å². The molecular weight excluding hydrogens is 256 g/mol. The maximum absolute atomic E-state index is 11.0. The quantitative estimate of drug-likeness (QED) is 0.791. The Morgan fingerprint density at radius 1 is 1.45 bits per heavy atom. The fraction of sp³-hybridized carbons (Fsp3) is 0.200. The first kappa shape index (κ1) is 12.5. The zero-order chi connectivity index (χ0) is 14.1. The third kappa shape index (κ3) is 2.07. The summed E-state index contributed by atoms with van der Waals surface area (Å²) < 4.78 is 7.11. The van der Waals surface area contributed by atoms with Crippen LogP contribution in [0.2, 0.25) is 0 Å². The first-order chi connectivity index (χ1) is 9.66. The summed E-state index contributed by atoms with van der Waals surface area (Å²) in [5.41, 5.74) is 3.59. The number of fused-ring (bicyclic) bond motifs is 1. The van der Waals surface area contributed by atoms with Crippen LogP contribution in [0.3, 0.4) is 0 Å². The number of hydrogen-bond donors (Lipinski definition) is 1. The van der Waals surface area contributed by atoms with Crippen LogP contribution >= 0.6 is 0 Å². The Morgan fingerprint density at radius 2 is 2.30 bits per heavy atom. The van der Waals surface area contributed by atoms with Gasteiger partial charge in [0.1, 0.15) is 5.65 Å². The van der Waals surface area contributed by atoms with Crippen molar-refractivity contribution in [2.45, 2.75) is 19.9 Å². The monoisotopic (exact) mass is 270 g/mol. The van der Waals surface area contributed by atoms with Gasteiger partial charge in [0.05, 0.1) is 25.5 Å². The van der Waals surface area contributed by atoms with Gasteiger partial charge in [-0.25, -0.2) is 4.98 Å². The summed E-state index contributed by atoms with van der Waals surface area (Å²) in [4.78, 5) is 15.4. The molecule has 0 spiro atoms. The summed E-state index contributed by atoms with van der Waals surface area (Å²) in [5.74, 6) is -0.834. The van der Waals surface area contributed by atoms with Crippen LogP contribution in [0, 0.1) is 6.92 Å². The zero-order valence-electron chi connectivity index (χ0n) is 11.0. The van der Waals surface area contributed by atoms with Crippen LogP contribution in [-0.4, -0.2) is 20.6 Å². The van der Waals surface area contributed by atoms with E-state index < -0.39 is 5.97 Å². The van der Waals surface area contributed by atoms with E-state index in [0.29, 0.717) is 6.54 Å². The number of aliphatic carboxylic acids is 1. The van der Waals surface area contributed by atoms with Crippen LogP contribution in [0.1, 0.15) is 16.8 Å². The molecule has 0 bridgehead atoms. The number of aromatic nitrogens is 2. The van der Waals surface area contributed by atoms with Gasteiger partial charge in [0.15, 0.2) is 0 Å². The Hall–Kier alpha value is -2.56. The molecule has 0 aliphatic carbocycles. The molecule has 0 aliphatic heterocycles. The summed E-state index contributed by atoms with van der Waals surface area (Å²) in [6.45, 7) is 2.55. The second-order valence-electron chi connectivity index (χ2n) is 4.73. The van der Waals surface area contributed by atoms with Crippen molar-refractivity contribution >= 4 is 17.0 Å². The topological polar surface area (TPSA) is 68.3 Å². The van der Waals surface area contributed by atoms with Gasteiger partial charge in [0, 0.05) is 22.8 Å². The minimum Gasteiger partial charge on any atom is -0.481 e. The standard InChI is InChI=1S/C15H14N2O3/c1-10-13(7-14(18)19)12-3-2-5-16-15(12)17(10)8-11-4-6-20-9-11/h2-6,9H,7-8H2,1H3,(H,18,19). The fourth-order valence-electron chi connectivity index (χ4n) is 2.50. The molecule has 0 radical (unpaired) electrons. The van der Waals surface area contributed by atoms with Crippen molar-refractivity contribution in [3.05, 3.63) is 53.7 Å². The fourth-order valence-corrected chi connectivity index (χ4v) is 2.50. The van der Waals surface area contributed by atoms with Crippen LogP contribution in [0.25, 0.3) is 11.0 Å². The maximum Gasteiger partial charge on any atom is 0.307 e. The molecular formula is C15H14N2O3. The van der Waals surface area contributed by atoms with E-state index in [4.69, 9.17) is 9.52 Å². The largest absolute Gasteiger partial charge is 0.481 e. The van der Waals surface area contributed by atoms with Crippen LogP contribution in [0.4, 0.5) is 0 Å². The normalized spacial score (nSPS) is 11.1. The number of pyridine rings is 1. The summed E-state index contributed by atoms with van der Waals surface area (Å²) in [7, 11) is 0. The molecule has 3 aromatic heterocycles. The molecule has 0 atom stereocenters. The lowest BCUT2D eigenvalue weighted by atomic mass is 10.1. The van der Waals surface area contributed by atoms with Crippen molar-refractivity contribution < 1.29 is 14.3 Å². The van der Waals surface area contributed by atoms with Gasteiger partial charge in [-0.1, -0.05) is 0 Å².